The molecule has 7 heteroatoms. The van der Waals surface area contributed by atoms with Crippen molar-refractivity contribution in [1.29, 1.82) is 0 Å². The van der Waals surface area contributed by atoms with Crippen molar-refractivity contribution in [3.05, 3.63) is 46.8 Å². The van der Waals surface area contributed by atoms with E-state index in [2.05, 4.69) is 11.1 Å². The Morgan fingerprint density at radius 3 is 2.18 bits per heavy atom. The molecule has 7 nitrogen and oxygen atoms in total. The first kappa shape index (κ1) is 26.0. The van der Waals surface area contributed by atoms with Crippen LogP contribution in [0.1, 0.15) is 49.3 Å². The van der Waals surface area contributed by atoms with Gasteiger partial charge in [0.15, 0.2) is 11.5 Å². The summed E-state index contributed by atoms with van der Waals surface area (Å²) in [5.74, 6) is 1.53. The molecule has 0 radical (unpaired) electrons. The standard InChI is InChI=1S/C26H35NO6/c1-7-33-26(28)20(14-10-8-9-12-19-13-11-15-27-17-19)16-21-18(2)22(29-3)24(31-5)25(32-6)23(21)30-4/h11,13,15-17H,7-10,12,14H2,1-6H3. The molecule has 0 aliphatic heterocycles. The van der Waals surface area contributed by atoms with Crippen molar-refractivity contribution in [2.75, 3.05) is 35.0 Å². The zero-order valence-electron chi connectivity index (χ0n) is 20.5. The SMILES string of the molecule is CCOC(=O)C(=Cc1c(C)c(OC)c(OC)c(OC)c1OC)CCCCCc1cccnc1. The molecule has 33 heavy (non-hydrogen) atoms. The highest BCUT2D eigenvalue weighted by molar-refractivity contribution is 5.95. The van der Waals surface area contributed by atoms with Crippen molar-refractivity contribution in [3.63, 3.8) is 0 Å². The van der Waals surface area contributed by atoms with Crippen molar-refractivity contribution in [2.45, 2.75) is 46.0 Å². The fourth-order valence-electron chi connectivity index (χ4n) is 3.78. The number of rotatable bonds is 13. The van der Waals surface area contributed by atoms with Crippen LogP contribution in [-0.2, 0) is 16.0 Å². The maximum atomic E-state index is 12.7. The van der Waals surface area contributed by atoms with Crippen molar-refractivity contribution in [3.8, 4) is 23.0 Å². The molecule has 1 heterocycles. The average molecular weight is 458 g/mol. The summed E-state index contributed by atoms with van der Waals surface area (Å²) in [5, 5.41) is 0. The largest absolute Gasteiger partial charge is 0.492 e. The first-order valence-electron chi connectivity index (χ1n) is 11.1. The molecule has 0 atom stereocenters. The maximum Gasteiger partial charge on any atom is 0.334 e. The molecule has 0 saturated heterocycles. The predicted octanol–water partition coefficient (Wildman–Crippen LogP) is 5.17. The summed E-state index contributed by atoms with van der Waals surface area (Å²) < 4.78 is 27.6. The number of hydrogen-bond acceptors (Lipinski definition) is 7. The Bertz CT molecular complexity index is 940. The lowest BCUT2D eigenvalue weighted by atomic mass is 9.98. The summed E-state index contributed by atoms with van der Waals surface area (Å²) in [6, 6.07) is 4.03. The van der Waals surface area contributed by atoms with Crippen molar-refractivity contribution in [2.24, 2.45) is 0 Å². The molecule has 0 saturated carbocycles. The van der Waals surface area contributed by atoms with E-state index in [1.54, 1.807) is 34.4 Å². The van der Waals surface area contributed by atoms with Gasteiger partial charge in [0, 0.05) is 29.1 Å². The first-order valence-corrected chi connectivity index (χ1v) is 11.1. The first-order chi connectivity index (χ1) is 16.0. The fourth-order valence-corrected chi connectivity index (χ4v) is 3.78. The number of esters is 1. The van der Waals surface area contributed by atoms with Crippen LogP contribution in [0.5, 0.6) is 23.0 Å². The van der Waals surface area contributed by atoms with Crippen LogP contribution in [0, 0.1) is 6.92 Å². The second-order valence-electron chi connectivity index (χ2n) is 7.48. The molecule has 0 N–H and O–H groups in total. The number of carbonyl (C=O) groups excluding carboxylic acids is 1. The van der Waals surface area contributed by atoms with Crippen LogP contribution in [0.2, 0.25) is 0 Å². The molecular formula is C26H35NO6. The maximum absolute atomic E-state index is 12.7. The summed E-state index contributed by atoms with van der Waals surface area (Å²) >= 11 is 0. The lowest BCUT2D eigenvalue weighted by molar-refractivity contribution is -0.138. The molecule has 0 fully saturated rings. The van der Waals surface area contributed by atoms with Crippen LogP contribution in [-0.4, -0.2) is 46.0 Å². The Morgan fingerprint density at radius 2 is 1.61 bits per heavy atom. The topological polar surface area (TPSA) is 76.1 Å². The molecule has 1 aromatic heterocycles. The van der Waals surface area contributed by atoms with E-state index in [-0.39, 0.29) is 5.97 Å². The summed E-state index contributed by atoms with van der Waals surface area (Å²) in [5.41, 5.74) is 3.28. The highest BCUT2D eigenvalue weighted by Gasteiger charge is 2.25. The zero-order chi connectivity index (χ0) is 24.2. The lowest BCUT2D eigenvalue weighted by Crippen LogP contribution is -2.09. The van der Waals surface area contributed by atoms with Gasteiger partial charge in [-0.25, -0.2) is 4.79 Å². The van der Waals surface area contributed by atoms with Gasteiger partial charge in [0.05, 0.1) is 35.0 Å². The second kappa shape index (κ2) is 13.4. The number of unbranched alkanes of at least 4 members (excludes halogenated alkanes) is 2. The fraction of sp³-hybridized carbons (Fsp3) is 0.462. The average Bonchev–Trinajstić information content (AvgIpc) is 2.83. The van der Waals surface area contributed by atoms with Gasteiger partial charge in [-0.2, -0.15) is 0 Å². The van der Waals surface area contributed by atoms with E-state index in [0.29, 0.717) is 47.2 Å². The molecule has 180 valence electrons. The Labute approximate surface area is 196 Å². The molecule has 1 aromatic carbocycles. The predicted molar refractivity (Wildman–Crippen MR) is 128 cm³/mol. The quantitative estimate of drug-likeness (QED) is 0.233. The number of hydrogen-bond donors (Lipinski definition) is 0. The molecule has 0 aliphatic rings. The van der Waals surface area contributed by atoms with E-state index in [1.165, 1.54) is 12.7 Å². The van der Waals surface area contributed by atoms with Crippen molar-refractivity contribution in [1.82, 2.24) is 4.98 Å². The molecular weight excluding hydrogens is 422 g/mol. The minimum Gasteiger partial charge on any atom is -0.492 e. The number of carbonyl (C=O) groups is 1. The van der Waals surface area contributed by atoms with Gasteiger partial charge in [-0.15, -0.1) is 0 Å². The summed E-state index contributed by atoms with van der Waals surface area (Å²) in [4.78, 5) is 16.9. The Balaban J connectivity index is 2.32. The van der Waals surface area contributed by atoms with Gasteiger partial charge >= 0.3 is 5.97 Å². The number of pyridine rings is 1. The van der Waals surface area contributed by atoms with E-state index >= 15 is 0 Å². The molecule has 0 bridgehead atoms. The minimum absolute atomic E-state index is 0.308. The highest BCUT2D eigenvalue weighted by atomic mass is 16.5. The summed E-state index contributed by atoms with van der Waals surface area (Å²) in [6.45, 7) is 4.00. The van der Waals surface area contributed by atoms with E-state index in [9.17, 15) is 4.79 Å². The minimum atomic E-state index is -0.333. The highest BCUT2D eigenvalue weighted by Crippen LogP contribution is 2.50. The Morgan fingerprint density at radius 1 is 0.939 bits per heavy atom. The number of benzene rings is 1. The van der Waals surface area contributed by atoms with Crippen LogP contribution < -0.4 is 18.9 Å². The van der Waals surface area contributed by atoms with E-state index in [0.717, 1.165) is 31.2 Å². The number of aromatic nitrogens is 1. The second-order valence-corrected chi connectivity index (χ2v) is 7.48. The monoisotopic (exact) mass is 457 g/mol. The van der Waals surface area contributed by atoms with E-state index in [4.69, 9.17) is 23.7 Å². The van der Waals surface area contributed by atoms with Crippen molar-refractivity contribution < 1.29 is 28.5 Å². The van der Waals surface area contributed by atoms with Crippen LogP contribution >= 0.6 is 0 Å². The van der Waals surface area contributed by atoms with Crippen LogP contribution in [0.15, 0.2) is 30.1 Å². The van der Waals surface area contributed by atoms with Gasteiger partial charge in [-0.05, 0) is 57.2 Å². The zero-order valence-corrected chi connectivity index (χ0v) is 20.5. The van der Waals surface area contributed by atoms with Gasteiger partial charge in [0.2, 0.25) is 11.5 Å². The Hall–Kier alpha value is -3.22. The van der Waals surface area contributed by atoms with Gasteiger partial charge in [-0.1, -0.05) is 12.5 Å². The van der Waals surface area contributed by atoms with Gasteiger partial charge in [0.1, 0.15) is 0 Å². The molecule has 0 unspecified atom stereocenters. The number of methoxy groups -OCH3 is 4. The number of aryl methyl sites for hydroxylation is 1. The van der Waals surface area contributed by atoms with Crippen molar-refractivity contribution >= 4 is 12.0 Å². The molecule has 2 rings (SSSR count). The van der Waals surface area contributed by atoms with Gasteiger partial charge in [0.25, 0.3) is 0 Å². The van der Waals surface area contributed by atoms with E-state index < -0.39 is 0 Å². The summed E-state index contributed by atoms with van der Waals surface area (Å²) in [6.07, 6.45) is 9.90. The number of nitrogens with zero attached hydrogens (tertiary/aromatic N) is 1. The van der Waals surface area contributed by atoms with Gasteiger partial charge in [-0.3, -0.25) is 4.98 Å². The summed E-state index contributed by atoms with van der Waals surface area (Å²) in [7, 11) is 6.21. The van der Waals surface area contributed by atoms with Crippen LogP contribution in [0.4, 0.5) is 0 Å². The Kier molecular flexibility index (Phi) is 10.5. The molecule has 0 aliphatic carbocycles. The van der Waals surface area contributed by atoms with E-state index in [1.807, 2.05) is 25.3 Å². The smallest absolute Gasteiger partial charge is 0.334 e. The van der Waals surface area contributed by atoms with Crippen LogP contribution in [0.25, 0.3) is 6.08 Å². The third-order valence-electron chi connectivity index (χ3n) is 5.41. The third-order valence-corrected chi connectivity index (χ3v) is 5.41. The molecule has 0 amide bonds. The molecule has 0 spiro atoms. The lowest BCUT2D eigenvalue weighted by Gasteiger charge is -2.20. The van der Waals surface area contributed by atoms with Gasteiger partial charge < -0.3 is 23.7 Å². The number of ether oxygens (including phenoxy) is 5. The third kappa shape index (κ3) is 6.63. The normalized spacial score (nSPS) is 11.2. The van der Waals surface area contributed by atoms with Crippen LogP contribution in [0.3, 0.4) is 0 Å². The molecule has 2 aromatic rings.